The lowest BCUT2D eigenvalue weighted by atomic mass is 9.77. The van der Waals surface area contributed by atoms with Crippen molar-refractivity contribution in [2.45, 2.75) is 45.4 Å². The summed E-state index contributed by atoms with van der Waals surface area (Å²) in [6.07, 6.45) is 12.1. The Labute approximate surface area is 200 Å². The van der Waals surface area contributed by atoms with Crippen LogP contribution in [0.15, 0.2) is 61.2 Å². The third-order valence-corrected chi connectivity index (χ3v) is 6.72. The maximum absolute atomic E-state index is 12.3. The zero-order valence-electron chi connectivity index (χ0n) is 20.0. The molecule has 0 bridgehead atoms. The van der Waals surface area contributed by atoms with Gasteiger partial charge in [0.05, 0.1) is 6.42 Å². The maximum atomic E-state index is 12.3. The van der Waals surface area contributed by atoms with E-state index < -0.39 is 0 Å². The Morgan fingerprint density at radius 1 is 1.00 bits per heavy atom. The Morgan fingerprint density at radius 3 is 2.44 bits per heavy atom. The molecule has 1 amide bonds. The first kappa shape index (κ1) is 22.0. The van der Waals surface area contributed by atoms with Crippen LogP contribution in [0.5, 0.6) is 0 Å². The van der Waals surface area contributed by atoms with Crippen LogP contribution in [0.25, 0.3) is 16.7 Å². The Morgan fingerprint density at radius 2 is 1.79 bits per heavy atom. The molecule has 6 heteroatoms. The van der Waals surface area contributed by atoms with E-state index in [0.29, 0.717) is 12.3 Å². The molecular formula is C28H29N5O. The molecule has 3 aromatic rings. The quantitative estimate of drug-likeness (QED) is 0.572. The van der Waals surface area contributed by atoms with Crippen LogP contribution in [-0.2, 0) is 16.6 Å². The van der Waals surface area contributed by atoms with Gasteiger partial charge in [-0.1, -0.05) is 39.8 Å². The number of carbonyl (C=O) groups excluding carboxylic acids is 1. The van der Waals surface area contributed by atoms with Crippen LogP contribution in [0.3, 0.4) is 0 Å². The predicted octanol–water partition coefficient (Wildman–Crippen LogP) is 4.98. The van der Waals surface area contributed by atoms with Crippen molar-refractivity contribution in [3.8, 4) is 11.1 Å². The first-order chi connectivity index (χ1) is 16.3. The fraction of sp³-hybridized carbons (Fsp3) is 0.286. The van der Waals surface area contributed by atoms with Gasteiger partial charge in [0.2, 0.25) is 5.91 Å². The van der Waals surface area contributed by atoms with Crippen molar-refractivity contribution in [2.24, 2.45) is 0 Å². The number of pyridine rings is 1. The summed E-state index contributed by atoms with van der Waals surface area (Å²) >= 11 is 0. The third-order valence-electron chi connectivity index (χ3n) is 6.72. The molecule has 2 aromatic heterocycles. The van der Waals surface area contributed by atoms with Gasteiger partial charge in [0.25, 0.3) is 0 Å². The Hall–Kier alpha value is -3.80. The molecule has 1 aromatic carbocycles. The van der Waals surface area contributed by atoms with E-state index in [1.165, 1.54) is 0 Å². The summed E-state index contributed by atoms with van der Waals surface area (Å²) in [6.45, 7) is 9.38. The minimum absolute atomic E-state index is 0.0222. The topological polar surface area (TPSA) is 79.8 Å². The second-order valence-corrected chi connectivity index (χ2v) is 9.72. The van der Waals surface area contributed by atoms with E-state index in [1.54, 1.807) is 0 Å². The predicted molar refractivity (Wildman–Crippen MR) is 135 cm³/mol. The molecule has 34 heavy (non-hydrogen) atoms. The molecule has 4 heterocycles. The number of hydrogen-bond acceptors (Lipinski definition) is 5. The SMILES string of the molecule is CC(C)c1ccc(-c2cc(C(C)(C)c3cnc(C4=CCNC=C4)nc3)cc3c2CC(=O)N3)cn1. The number of aromatic nitrogens is 3. The van der Waals surface area contributed by atoms with Crippen LogP contribution in [0.4, 0.5) is 5.69 Å². The average molecular weight is 452 g/mol. The molecule has 0 aliphatic carbocycles. The highest BCUT2D eigenvalue weighted by molar-refractivity contribution is 6.02. The van der Waals surface area contributed by atoms with Gasteiger partial charge < -0.3 is 10.6 Å². The minimum atomic E-state index is -0.362. The van der Waals surface area contributed by atoms with Crippen molar-refractivity contribution in [3.05, 3.63) is 89.4 Å². The van der Waals surface area contributed by atoms with E-state index >= 15 is 0 Å². The second kappa shape index (κ2) is 8.52. The summed E-state index contributed by atoms with van der Waals surface area (Å²) in [6, 6.07) is 8.46. The number of benzene rings is 1. The number of amides is 1. The normalized spacial score (nSPS) is 15.1. The number of nitrogens with one attached hydrogen (secondary N) is 2. The van der Waals surface area contributed by atoms with Crippen molar-refractivity contribution < 1.29 is 4.79 Å². The number of dihydropyridines is 1. The van der Waals surface area contributed by atoms with E-state index in [-0.39, 0.29) is 11.3 Å². The molecule has 0 spiro atoms. The summed E-state index contributed by atoms with van der Waals surface area (Å²) in [7, 11) is 0. The molecule has 0 atom stereocenters. The molecule has 5 rings (SSSR count). The van der Waals surface area contributed by atoms with Gasteiger partial charge in [-0.15, -0.1) is 0 Å². The van der Waals surface area contributed by atoms with Crippen molar-refractivity contribution in [1.29, 1.82) is 0 Å². The largest absolute Gasteiger partial charge is 0.387 e. The van der Waals surface area contributed by atoms with Gasteiger partial charge in [-0.05, 0) is 58.6 Å². The Balaban J connectivity index is 1.55. The highest BCUT2D eigenvalue weighted by Crippen LogP contribution is 2.40. The van der Waals surface area contributed by atoms with Crippen LogP contribution >= 0.6 is 0 Å². The van der Waals surface area contributed by atoms with Crippen LogP contribution < -0.4 is 10.6 Å². The molecule has 0 radical (unpaired) electrons. The van der Waals surface area contributed by atoms with Crippen LogP contribution in [0.1, 0.15) is 61.8 Å². The molecule has 2 aliphatic heterocycles. The number of allylic oxidation sites excluding steroid dienone is 2. The molecule has 172 valence electrons. The first-order valence-electron chi connectivity index (χ1n) is 11.7. The monoisotopic (exact) mass is 451 g/mol. The fourth-order valence-corrected chi connectivity index (χ4v) is 4.44. The highest BCUT2D eigenvalue weighted by atomic mass is 16.1. The zero-order chi connectivity index (χ0) is 23.9. The van der Waals surface area contributed by atoms with Gasteiger partial charge in [-0.25, -0.2) is 9.97 Å². The van der Waals surface area contributed by atoms with Crippen molar-refractivity contribution in [2.75, 3.05) is 11.9 Å². The Bertz CT molecular complexity index is 1300. The maximum Gasteiger partial charge on any atom is 0.228 e. The van der Waals surface area contributed by atoms with Crippen LogP contribution in [0.2, 0.25) is 0 Å². The lowest BCUT2D eigenvalue weighted by Crippen LogP contribution is -2.20. The van der Waals surface area contributed by atoms with Gasteiger partial charge in [0.15, 0.2) is 5.82 Å². The summed E-state index contributed by atoms with van der Waals surface area (Å²) in [5.74, 6) is 1.11. The standard InChI is InChI=1S/C28H29N5O/c1-17(2)24-6-5-19(14-30-24)22-11-20(12-25-23(22)13-26(34)33-25)28(3,4)21-15-31-27(32-16-21)18-7-9-29-10-8-18/h5-9,11-12,14-17,29H,10,13H2,1-4H3,(H,33,34). The molecule has 0 saturated heterocycles. The van der Waals surface area contributed by atoms with Crippen molar-refractivity contribution in [3.63, 3.8) is 0 Å². The number of hydrogen-bond donors (Lipinski definition) is 2. The van der Waals surface area contributed by atoms with Crippen molar-refractivity contribution >= 4 is 17.2 Å². The summed E-state index contributed by atoms with van der Waals surface area (Å²) in [4.78, 5) is 26.2. The van der Waals surface area contributed by atoms with E-state index in [9.17, 15) is 4.79 Å². The number of anilines is 1. The van der Waals surface area contributed by atoms with E-state index in [2.05, 4.69) is 83.6 Å². The second-order valence-electron chi connectivity index (χ2n) is 9.72. The van der Waals surface area contributed by atoms with E-state index in [0.717, 1.165) is 57.1 Å². The molecule has 2 N–H and O–H groups in total. The van der Waals surface area contributed by atoms with Crippen LogP contribution in [-0.4, -0.2) is 27.4 Å². The summed E-state index contributed by atoms with van der Waals surface area (Å²) in [5, 5.41) is 6.19. The van der Waals surface area contributed by atoms with E-state index in [1.807, 2.05) is 30.9 Å². The number of carbonyl (C=O) groups is 1. The lowest BCUT2D eigenvalue weighted by molar-refractivity contribution is -0.115. The molecular weight excluding hydrogens is 422 g/mol. The lowest BCUT2D eigenvalue weighted by Gasteiger charge is -2.27. The third kappa shape index (κ3) is 4.00. The summed E-state index contributed by atoms with van der Waals surface area (Å²) in [5.41, 5.74) is 7.78. The van der Waals surface area contributed by atoms with Gasteiger partial charge in [0, 0.05) is 53.1 Å². The smallest absolute Gasteiger partial charge is 0.228 e. The number of fused-ring (bicyclic) bond motifs is 1. The first-order valence-corrected chi connectivity index (χ1v) is 11.7. The van der Waals surface area contributed by atoms with Gasteiger partial charge >= 0.3 is 0 Å². The average Bonchev–Trinajstić information content (AvgIpc) is 3.24. The zero-order valence-corrected chi connectivity index (χ0v) is 20.0. The minimum Gasteiger partial charge on any atom is -0.387 e. The molecule has 6 nitrogen and oxygen atoms in total. The summed E-state index contributed by atoms with van der Waals surface area (Å²) < 4.78 is 0. The van der Waals surface area contributed by atoms with Crippen LogP contribution in [0, 0.1) is 0 Å². The molecule has 0 saturated carbocycles. The molecule has 2 aliphatic rings. The van der Waals surface area contributed by atoms with Gasteiger partial charge in [-0.3, -0.25) is 9.78 Å². The van der Waals surface area contributed by atoms with Gasteiger partial charge in [-0.2, -0.15) is 0 Å². The highest BCUT2D eigenvalue weighted by Gasteiger charge is 2.30. The van der Waals surface area contributed by atoms with Gasteiger partial charge in [0.1, 0.15) is 0 Å². The molecule has 0 fully saturated rings. The van der Waals surface area contributed by atoms with Crippen molar-refractivity contribution in [1.82, 2.24) is 20.3 Å². The number of rotatable bonds is 5. The molecule has 0 unspecified atom stereocenters. The number of nitrogens with zero attached hydrogens (tertiary/aromatic N) is 3. The fourth-order valence-electron chi connectivity index (χ4n) is 4.44. The Kier molecular flexibility index (Phi) is 5.52. The van der Waals surface area contributed by atoms with E-state index in [4.69, 9.17) is 0 Å².